The zero-order valence-corrected chi connectivity index (χ0v) is 14.3. The molecule has 3 nitrogen and oxygen atoms in total. The average Bonchev–Trinajstić information content (AvgIpc) is 2.97. The van der Waals surface area contributed by atoms with E-state index in [9.17, 15) is 5.11 Å². The Balaban J connectivity index is 1.35. The van der Waals surface area contributed by atoms with Gasteiger partial charge in [-0.1, -0.05) is 60.7 Å². The highest BCUT2D eigenvalue weighted by molar-refractivity contribution is 5.15. The van der Waals surface area contributed by atoms with Crippen LogP contribution in [-0.4, -0.2) is 41.8 Å². The second kappa shape index (κ2) is 8.43. The van der Waals surface area contributed by atoms with Crippen LogP contribution >= 0.6 is 0 Å². The van der Waals surface area contributed by atoms with Crippen molar-refractivity contribution in [3.63, 3.8) is 0 Å². The van der Waals surface area contributed by atoms with E-state index in [1.165, 1.54) is 11.1 Å². The summed E-state index contributed by atoms with van der Waals surface area (Å²) in [5, 5.41) is 14.2. The molecule has 24 heavy (non-hydrogen) atoms. The van der Waals surface area contributed by atoms with Gasteiger partial charge in [-0.15, -0.1) is 0 Å². The summed E-state index contributed by atoms with van der Waals surface area (Å²) in [6.45, 7) is 4.54. The summed E-state index contributed by atoms with van der Waals surface area (Å²) in [6, 6.07) is 21.0. The first-order valence-corrected chi connectivity index (χ1v) is 8.97. The highest BCUT2D eigenvalue weighted by atomic mass is 16.3. The highest BCUT2D eigenvalue weighted by Gasteiger charge is 2.35. The number of benzene rings is 2. The summed E-state index contributed by atoms with van der Waals surface area (Å²) < 4.78 is 0. The Kier molecular flexibility index (Phi) is 6.02. The number of rotatable bonds is 8. The first-order valence-electron chi connectivity index (χ1n) is 8.97. The number of hydrogen-bond donors (Lipinski definition) is 2. The third-order valence-electron chi connectivity index (χ3n) is 4.86. The van der Waals surface area contributed by atoms with Crippen molar-refractivity contribution in [1.29, 1.82) is 0 Å². The second-order valence-electron chi connectivity index (χ2n) is 6.91. The van der Waals surface area contributed by atoms with E-state index in [0.717, 1.165) is 52.0 Å². The Morgan fingerprint density at radius 3 is 2.29 bits per heavy atom. The highest BCUT2D eigenvalue weighted by Crippen LogP contribution is 2.25. The van der Waals surface area contributed by atoms with Crippen LogP contribution in [-0.2, 0) is 13.0 Å². The van der Waals surface area contributed by atoms with Crippen LogP contribution in [0.3, 0.4) is 0 Å². The molecule has 2 aromatic rings. The van der Waals surface area contributed by atoms with Gasteiger partial charge in [0.15, 0.2) is 0 Å². The summed E-state index contributed by atoms with van der Waals surface area (Å²) in [6.07, 6.45) is 2.74. The molecule has 0 spiro atoms. The van der Waals surface area contributed by atoms with Crippen molar-refractivity contribution in [1.82, 2.24) is 10.2 Å². The van der Waals surface area contributed by atoms with Gasteiger partial charge in [-0.2, -0.15) is 0 Å². The molecule has 1 fully saturated rings. The maximum absolute atomic E-state index is 10.8. The molecule has 1 aliphatic heterocycles. The molecule has 1 heterocycles. The largest absolute Gasteiger partial charge is 0.388 e. The number of aliphatic hydroxyl groups is 1. The zero-order valence-electron chi connectivity index (χ0n) is 14.3. The molecule has 0 aliphatic carbocycles. The van der Waals surface area contributed by atoms with Crippen molar-refractivity contribution in [2.24, 2.45) is 0 Å². The first-order chi connectivity index (χ1) is 11.7. The lowest BCUT2D eigenvalue weighted by Crippen LogP contribution is -2.36. The van der Waals surface area contributed by atoms with Crippen LogP contribution in [0.2, 0.25) is 0 Å². The Hall–Kier alpha value is -1.68. The maximum Gasteiger partial charge on any atom is 0.0798 e. The van der Waals surface area contributed by atoms with E-state index in [1.807, 2.05) is 12.1 Å². The SMILES string of the molecule is OC1(CCNCCc2ccccc2)CCN(Cc2ccccc2)C1. The molecule has 0 bridgehead atoms. The lowest BCUT2D eigenvalue weighted by Gasteiger charge is -2.23. The van der Waals surface area contributed by atoms with Crippen molar-refractivity contribution in [2.75, 3.05) is 26.2 Å². The molecule has 2 aromatic carbocycles. The molecule has 3 rings (SSSR count). The van der Waals surface area contributed by atoms with Gasteiger partial charge in [0.1, 0.15) is 0 Å². The number of hydrogen-bond acceptors (Lipinski definition) is 3. The third-order valence-corrected chi connectivity index (χ3v) is 4.86. The van der Waals surface area contributed by atoms with Crippen LogP contribution in [0.25, 0.3) is 0 Å². The van der Waals surface area contributed by atoms with Crippen molar-refractivity contribution in [2.45, 2.75) is 31.4 Å². The van der Waals surface area contributed by atoms with Gasteiger partial charge in [-0.25, -0.2) is 0 Å². The van der Waals surface area contributed by atoms with Gasteiger partial charge in [0, 0.05) is 19.6 Å². The van der Waals surface area contributed by atoms with Crippen molar-refractivity contribution in [3.8, 4) is 0 Å². The fourth-order valence-electron chi connectivity index (χ4n) is 3.44. The Morgan fingerprint density at radius 1 is 0.917 bits per heavy atom. The minimum absolute atomic E-state index is 0.533. The minimum atomic E-state index is -0.533. The first kappa shape index (κ1) is 17.2. The van der Waals surface area contributed by atoms with E-state index in [-0.39, 0.29) is 0 Å². The van der Waals surface area contributed by atoms with E-state index in [1.54, 1.807) is 0 Å². The molecule has 0 radical (unpaired) electrons. The van der Waals surface area contributed by atoms with E-state index < -0.39 is 5.60 Å². The second-order valence-corrected chi connectivity index (χ2v) is 6.91. The zero-order chi connectivity index (χ0) is 16.7. The normalized spacial score (nSPS) is 21.2. The van der Waals surface area contributed by atoms with E-state index in [2.05, 4.69) is 58.7 Å². The molecule has 1 unspecified atom stereocenters. The summed E-state index contributed by atoms with van der Waals surface area (Å²) in [4.78, 5) is 2.36. The molecule has 2 N–H and O–H groups in total. The van der Waals surface area contributed by atoms with Gasteiger partial charge in [-0.3, -0.25) is 4.90 Å². The van der Waals surface area contributed by atoms with Gasteiger partial charge >= 0.3 is 0 Å². The Morgan fingerprint density at radius 2 is 1.58 bits per heavy atom. The predicted octanol–water partition coefficient (Wildman–Crippen LogP) is 2.85. The van der Waals surface area contributed by atoms with Gasteiger partial charge in [0.05, 0.1) is 5.60 Å². The fraction of sp³-hybridized carbons (Fsp3) is 0.429. The van der Waals surface area contributed by atoms with Crippen molar-refractivity contribution >= 4 is 0 Å². The fourth-order valence-corrected chi connectivity index (χ4v) is 3.44. The summed E-state index contributed by atoms with van der Waals surface area (Å²) in [5.41, 5.74) is 2.15. The van der Waals surface area contributed by atoms with Crippen LogP contribution in [0.5, 0.6) is 0 Å². The van der Waals surface area contributed by atoms with Crippen molar-refractivity contribution < 1.29 is 5.11 Å². The predicted molar refractivity (Wildman–Crippen MR) is 98.9 cm³/mol. The maximum atomic E-state index is 10.8. The standard InChI is InChI=1S/C21H28N2O/c24-21(12-15-22-14-11-19-7-3-1-4-8-19)13-16-23(18-21)17-20-9-5-2-6-10-20/h1-10,22,24H,11-18H2. The van der Waals surface area contributed by atoms with Crippen LogP contribution in [0.1, 0.15) is 24.0 Å². The Bertz CT molecular complexity index is 602. The van der Waals surface area contributed by atoms with E-state index >= 15 is 0 Å². The summed E-state index contributed by atoms with van der Waals surface area (Å²) in [5.74, 6) is 0. The molecule has 1 saturated heterocycles. The molecular formula is C21H28N2O. The van der Waals surface area contributed by atoms with Gasteiger partial charge in [0.2, 0.25) is 0 Å². The van der Waals surface area contributed by atoms with E-state index in [4.69, 9.17) is 0 Å². The average molecular weight is 324 g/mol. The number of nitrogens with zero attached hydrogens (tertiary/aromatic N) is 1. The molecule has 1 atom stereocenters. The van der Waals surface area contributed by atoms with Crippen LogP contribution < -0.4 is 5.32 Å². The molecule has 128 valence electrons. The molecule has 3 heteroatoms. The Labute approximate surface area is 145 Å². The summed E-state index contributed by atoms with van der Waals surface area (Å²) in [7, 11) is 0. The van der Waals surface area contributed by atoms with Crippen LogP contribution in [0.4, 0.5) is 0 Å². The van der Waals surface area contributed by atoms with Gasteiger partial charge in [0.25, 0.3) is 0 Å². The molecule has 0 aromatic heterocycles. The quantitative estimate of drug-likeness (QED) is 0.733. The molecular weight excluding hydrogens is 296 g/mol. The van der Waals surface area contributed by atoms with Crippen molar-refractivity contribution in [3.05, 3.63) is 71.8 Å². The monoisotopic (exact) mass is 324 g/mol. The third kappa shape index (κ3) is 5.17. The molecule has 0 saturated carbocycles. The molecule has 0 amide bonds. The lowest BCUT2D eigenvalue weighted by molar-refractivity contribution is 0.0402. The molecule has 1 aliphatic rings. The number of likely N-dealkylation sites (tertiary alicyclic amines) is 1. The van der Waals surface area contributed by atoms with Gasteiger partial charge in [-0.05, 0) is 43.5 Å². The van der Waals surface area contributed by atoms with Crippen LogP contribution in [0, 0.1) is 0 Å². The number of β-amino-alcohol motifs (C(OH)–C–C–N with tert-alkyl or cyclic N) is 1. The topological polar surface area (TPSA) is 35.5 Å². The van der Waals surface area contributed by atoms with Crippen LogP contribution in [0.15, 0.2) is 60.7 Å². The number of nitrogens with one attached hydrogen (secondary N) is 1. The van der Waals surface area contributed by atoms with Gasteiger partial charge < -0.3 is 10.4 Å². The minimum Gasteiger partial charge on any atom is -0.388 e. The smallest absolute Gasteiger partial charge is 0.0798 e. The van der Waals surface area contributed by atoms with E-state index in [0.29, 0.717) is 0 Å². The lowest BCUT2D eigenvalue weighted by atomic mass is 9.99. The summed E-state index contributed by atoms with van der Waals surface area (Å²) >= 11 is 0.